The van der Waals surface area contributed by atoms with Crippen LogP contribution in [0, 0.1) is 5.41 Å². The van der Waals surface area contributed by atoms with Crippen LogP contribution < -0.4 is 10.6 Å². The molecule has 0 aromatic heterocycles. The summed E-state index contributed by atoms with van der Waals surface area (Å²) in [6.45, 7) is 7.78. The summed E-state index contributed by atoms with van der Waals surface area (Å²) in [5.41, 5.74) is 7.89. The van der Waals surface area contributed by atoms with Gasteiger partial charge in [0.15, 0.2) is 0 Å². The minimum atomic E-state index is 0.0314. The van der Waals surface area contributed by atoms with Gasteiger partial charge in [0.1, 0.15) is 12.0 Å². The molecule has 3 atom stereocenters. The zero-order valence-electron chi connectivity index (χ0n) is 20.0. The standard InChI is InChI=1S/C31H31N3/c1-30(2)27-19-24(16-17-25(27)26-11-7-8-18-31(26,30)3)29-33-20-32-28(34-29)23-14-12-22(13-15-23)21-9-5-4-6-10-21/h4-19,26,29,33H,20H2,1-3H3,(H,32,34). The first kappa shape index (κ1) is 21.1. The molecule has 170 valence electrons. The van der Waals surface area contributed by atoms with E-state index in [0.717, 1.165) is 11.4 Å². The van der Waals surface area contributed by atoms with Gasteiger partial charge in [-0.2, -0.15) is 0 Å². The first-order valence-electron chi connectivity index (χ1n) is 12.2. The maximum atomic E-state index is 4.73. The molecule has 0 saturated heterocycles. The van der Waals surface area contributed by atoms with E-state index in [1.807, 2.05) is 6.07 Å². The highest BCUT2D eigenvalue weighted by molar-refractivity contribution is 5.99. The summed E-state index contributed by atoms with van der Waals surface area (Å²) < 4.78 is 0. The van der Waals surface area contributed by atoms with Gasteiger partial charge in [0.2, 0.25) is 0 Å². The van der Waals surface area contributed by atoms with Crippen molar-refractivity contribution in [2.45, 2.75) is 38.3 Å². The zero-order valence-corrected chi connectivity index (χ0v) is 20.0. The Morgan fingerprint density at radius 1 is 0.824 bits per heavy atom. The third kappa shape index (κ3) is 3.19. The molecule has 3 unspecified atom stereocenters. The van der Waals surface area contributed by atoms with E-state index >= 15 is 0 Å². The number of aliphatic imine (C=N–C) groups is 1. The highest BCUT2D eigenvalue weighted by Crippen LogP contribution is 2.61. The van der Waals surface area contributed by atoms with Crippen molar-refractivity contribution in [2.75, 3.05) is 6.67 Å². The largest absolute Gasteiger partial charge is 0.350 e. The van der Waals surface area contributed by atoms with Crippen LogP contribution >= 0.6 is 0 Å². The Balaban J connectivity index is 1.27. The van der Waals surface area contributed by atoms with Crippen LogP contribution in [0.25, 0.3) is 11.1 Å². The van der Waals surface area contributed by atoms with E-state index in [4.69, 9.17) is 4.99 Å². The van der Waals surface area contributed by atoms with Crippen LogP contribution in [0.15, 0.2) is 102 Å². The number of amidine groups is 1. The summed E-state index contributed by atoms with van der Waals surface area (Å²) in [5.74, 6) is 1.37. The molecule has 0 fully saturated rings. The highest BCUT2D eigenvalue weighted by Gasteiger charge is 2.53. The molecule has 0 radical (unpaired) electrons. The molecule has 6 rings (SSSR count). The zero-order chi connectivity index (χ0) is 23.3. The number of benzene rings is 3. The minimum absolute atomic E-state index is 0.0314. The average Bonchev–Trinajstić information content (AvgIpc) is 3.07. The topological polar surface area (TPSA) is 36.4 Å². The van der Waals surface area contributed by atoms with Crippen LogP contribution in [0.5, 0.6) is 0 Å². The molecule has 3 heteroatoms. The normalized spacial score (nSPS) is 26.4. The van der Waals surface area contributed by atoms with E-state index in [9.17, 15) is 0 Å². The van der Waals surface area contributed by atoms with Crippen molar-refractivity contribution >= 4 is 5.84 Å². The van der Waals surface area contributed by atoms with Gasteiger partial charge in [-0.15, -0.1) is 0 Å². The lowest BCUT2D eigenvalue weighted by molar-refractivity contribution is 0.244. The van der Waals surface area contributed by atoms with Crippen LogP contribution in [-0.4, -0.2) is 12.5 Å². The fourth-order valence-corrected chi connectivity index (χ4v) is 5.89. The number of nitrogens with zero attached hydrogens (tertiary/aromatic N) is 1. The smallest absolute Gasteiger partial charge is 0.131 e. The molecular weight excluding hydrogens is 414 g/mol. The Bertz CT molecular complexity index is 1310. The molecule has 1 aliphatic heterocycles. The Morgan fingerprint density at radius 3 is 2.35 bits per heavy atom. The van der Waals surface area contributed by atoms with Gasteiger partial charge >= 0.3 is 0 Å². The van der Waals surface area contributed by atoms with E-state index in [1.165, 1.54) is 27.8 Å². The average molecular weight is 446 g/mol. The maximum Gasteiger partial charge on any atom is 0.131 e. The van der Waals surface area contributed by atoms with Gasteiger partial charge in [0.05, 0.1) is 6.67 Å². The van der Waals surface area contributed by atoms with Crippen molar-refractivity contribution in [1.29, 1.82) is 0 Å². The highest BCUT2D eigenvalue weighted by atomic mass is 15.2. The number of allylic oxidation sites excluding steroid dienone is 4. The first-order valence-corrected chi connectivity index (χ1v) is 12.2. The maximum absolute atomic E-state index is 4.73. The summed E-state index contributed by atoms with van der Waals surface area (Å²) in [5, 5.41) is 7.18. The van der Waals surface area contributed by atoms with Gasteiger partial charge in [-0.1, -0.05) is 118 Å². The molecule has 2 aliphatic carbocycles. The van der Waals surface area contributed by atoms with E-state index in [0.29, 0.717) is 12.6 Å². The van der Waals surface area contributed by atoms with Gasteiger partial charge in [0.25, 0.3) is 0 Å². The minimum Gasteiger partial charge on any atom is -0.350 e. The van der Waals surface area contributed by atoms with Crippen molar-refractivity contribution in [3.63, 3.8) is 0 Å². The van der Waals surface area contributed by atoms with Crippen molar-refractivity contribution in [2.24, 2.45) is 10.4 Å². The molecule has 0 amide bonds. The second-order valence-corrected chi connectivity index (χ2v) is 10.4. The summed E-state index contributed by atoms with van der Waals surface area (Å²) in [4.78, 5) is 4.73. The lowest BCUT2D eigenvalue weighted by atomic mass is 9.62. The number of rotatable bonds is 3. The van der Waals surface area contributed by atoms with Crippen LogP contribution in [-0.2, 0) is 5.41 Å². The number of fused-ring (bicyclic) bond motifs is 3. The van der Waals surface area contributed by atoms with E-state index < -0.39 is 0 Å². The van der Waals surface area contributed by atoms with Gasteiger partial charge in [-0.05, 0) is 33.2 Å². The molecule has 2 N–H and O–H groups in total. The lowest BCUT2D eigenvalue weighted by Crippen LogP contribution is -2.43. The van der Waals surface area contributed by atoms with E-state index in [-0.39, 0.29) is 17.0 Å². The molecule has 3 nitrogen and oxygen atoms in total. The summed E-state index contributed by atoms with van der Waals surface area (Å²) in [6, 6.07) is 26.2. The second-order valence-electron chi connectivity index (χ2n) is 10.4. The van der Waals surface area contributed by atoms with Crippen molar-refractivity contribution in [3.8, 4) is 11.1 Å². The van der Waals surface area contributed by atoms with Gasteiger partial charge < -0.3 is 5.32 Å². The Morgan fingerprint density at radius 2 is 1.56 bits per heavy atom. The van der Waals surface area contributed by atoms with Gasteiger partial charge in [-0.25, -0.2) is 0 Å². The number of nitrogens with one attached hydrogen (secondary N) is 2. The van der Waals surface area contributed by atoms with Gasteiger partial charge in [0, 0.05) is 16.9 Å². The molecule has 34 heavy (non-hydrogen) atoms. The summed E-state index contributed by atoms with van der Waals surface area (Å²) >= 11 is 0. The summed E-state index contributed by atoms with van der Waals surface area (Å²) in [7, 11) is 0. The third-order valence-electron chi connectivity index (χ3n) is 8.35. The van der Waals surface area contributed by atoms with Crippen LogP contribution in [0.3, 0.4) is 0 Å². The summed E-state index contributed by atoms with van der Waals surface area (Å²) in [6.07, 6.45) is 9.21. The molecular formula is C31H31N3. The fraction of sp³-hybridized carbons (Fsp3) is 0.258. The van der Waals surface area contributed by atoms with Crippen molar-refractivity contribution in [1.82, 2.24) is 10.6 Å². The third-order valence-corrected chi connectivity index (χ3v) is 8.35. The Kier molecular flexibility index (Phi) is 4.86. The molecule has 3 aromatic rings. The molecule has 0 bridgehead atoms. The number of hydrogen-bond acceptors (Lipinski definition) is 3. The van der Waals surface area contributed by atoms with Crippen LogP contribution in [0.1, 0.15) is 55.1 Å². The lowest BCUT2D eigenvalue weighted by Gasteiger charge is -2.41. The van der Waals surface area contributed by atoms with E-state index in [1.54, 1.807) is 0 Å². The van der Waals surface area contributed by atoms with Crippen LogP contribution in [0.4, 0.5) is 0 Å². The molecule has 1 heterocycles. The second kappa shape index (κ2) is 7.82. The molecule has 3 aromatic carbocycles. The fourth-order valence-electron chi connectivity index (χ4n) is 5.89. The number of hydrogen-bond donors (Lipinski definition) is 2. The first-order chi connectivity index (χ1) is 16.5. The molecule has 3 aliphatic rings. The van der Waals surface area contributed by atoms with Crippen LogP contribution in [0.2, 0.25) is 0 Å². The van der Waals surface area contributed by atoms with Crippen molar-refractivity contribution < 1.29 is 0 Å². The SMILES string of the molecule is CC1(C)c2cc(C3NCN=C(c4ccc(-c5ccccc5)cc4)N3)ccc2C2C=CC=CC21C. The Hall–Kier alpha value is -3.43. The monoisotopic (exact) mass is 445 g/mol. The van der Waals surface area contributed by atoms with E-state index in [2.05, 4.69) is 122 Å². The predicted octanol–water partition coefficient (Wildman–Crippen LogP) is 6.46. The van der Waals surface area contributed by atoms with Gasteiger partial charge in [-0.3, -0.25) is 10.3 Å². The van der Waals surface area contributed by atoms with Crippen molar-refractivity contribution in [3.05, 3.63) is 119 Å². The quantitative estimate of drug-likeness (QED) is 0.486. The Labute approximate surface area is 202 Å². The predicted molar refractivity (Wildman–Crippen MR) is 141 cm³/mol. The molecule has 0 spiro atoms. The molecule has 0 saturated carbocycles.